The van der Waals surface area contributed by atoms with Crippen molar-refractivity contribution >= 4 is 17.6 Å². The predicted octanol–water partition coefficient (Wildman–Crippen LogP) is 4.55. The third-order valence-electron chi connectivity index (χ3n) is 3.29. The molecular weight excluding hydrogens is 321 g/mol. The number of hydrogen-bond donors (Lipinski definition) is 0. The van der Waals surface area contributed by atoms with Crippen molar-refractivity contribution in [3.8, 4) is 11.3 Å². The standard InChI is InChI=1S/C19H18FN3S/c1-14(2)22-19-23(21-12-15-7-6-10-17(20)11-15)18(13-24-19)16-8-4-3-5-9-16/h3-14H,1-2H3. The van der Waals surface area contributed by atoms with Gasteiger partial charge in [-0.25, -0.2) is 9.07 Å². The lowest BCUT2D eigenvalue weighted by Crippen LogP contribution is -2.14. The van der Waals surface area contributed by atoms with Gasteiger partial charge >= 0.3 is 0 Å². The van der Waals surface area contributed by atoms with Gasteiger partial charge in [0.2, 0.25) is 4.80 Å². The van der Waals surface area contributed by atoms with Crippen LogP contribution < -0.4 is 4.80 Å². The first kappa shape index (κ1) is 16.3. The van der Waals surface area contributed by atoms with E-state index in [-0.39, 0.29) is 11.9 Å². The average Bonchev–Trinajstić information content (AvgIpc) is 2.96. The first-order valence-electron chi connectivity index (χ1n) is 7.73. The van der Waals surface area contributed by atoms with Gasteiger partial charge in [-0.05, 0) is 31.5 Å². The van der Waals surface area contributed by atoms with Crippen molar-refractivity contribution in [3.63, 3.8) is 0 Å². The normalized spacial score (nSPS) is 12.4. The predicted molar refractivity (Wildman–Crippen MR) is 97.8 cm³/mol. The highest BCUT2D eigenvalue weighted by Crippen LogP contribution is 2.19. The lowest BCUT2D eigenvalue weighted by molar-refractivity contribution is 0.627. The highest BCUT2D eigenvalue weighted by Gasteiger charge is 2.07. The fraction of sp³-hybridized carbons (Fsp3) is 0.158. The number of halogens is 1. The Hall–Kier alpha value is -2.53. The van der Waals surface area contributed by atoms with E-state index in [0.29, 0.717) is 5.56 Å². The molecule has 0 aliphatic carbocycles. The Balaban J connectivity index is 2.08. The molecule has 0 aliphatic heterocycles. The Bertz CT molecular complexity index is 908. The Morgan fingerprint density at radius 2 is 1.88 bits per heavy atom. The molecule has 0 N–H and O–H groups in total. The van der Waals surface area contributed by atoms with Crippen LogP contribution in [0.5, 0.6) is 0 Å². The molecule has 0 atom stereocenters. The van der Waals surface area contributed by atoms with E-state index in [1.54, 1.807) is 23.6 Å². The molecule has 3 rings (SSSR count). The maximum Gasteiger partial charge on any atom is 0.206 e. The quantitative estimate of drug-likeness (QED) is 0.624. The lowest BCUT2D eigenvalue weighted by atomic mass is 10.2. The molecule has 0 unspecified atom stereocenters. The SMILES string of the molecule is CC(C)N=c1scc(-c2ccccc2)n1N=Cc1cccc(F)c1. The van der Waals surface area contributed by atoms with E-state index in [2.05, 4.69) is 10.1 Å². The highest BCUT2D eigenvalue weighted by molar-refractivity contribution is 7.07. The fourth-order valence-electron chi connectivity index (χ4n) is 2.24. The summed E-state index contributed by atoms with van der Waals surface area (Å²) in [5.41, 5.74) is 2.74. The summed E-state index contributed by atoms with van der Waals surface area (Å²) in [4.78, 5) is 5.45. The van der Waals surface area contributed by atoms with Gasteiger partial charge in [0.15, 0.2) is 0 Å². The Labute approximate surface area is 144 Å². The fourth-order valence-corrected chi connectivity index (χ4v) is 3.21. The molecule has 0 amide bonds. The van der Waals surface area contributed by atoms with E-state index in [1.165, 1.54) is 12.1 Å². The van der Waals surface area contributed by atoms with Crippen molar-refractivity contribution in [1.29, 1.82) is 0 Å². The van der Waals surface area contributed by atoms with Crippen molar-refractivity contribution in [2.24, 2.45) is 10.1 Å². The smallest absolute Gasteiger partial charge is 0.206 e. The second kappa shape index (κ2) is 7.36. The van der Waals surface area contributed by atoms with Gasteiger partial charge in [0, 0.05) is 17.0 Å². The number of rotatable bonds is 4. The molecule has 3 nitrogen and oxygen atoms in total. The summed E-state index contributed by atoms with van der Waals surface area (Å²) in [7, 11) is 0. The summed E-state index contributed by atoms with van der Waals surface area (Å²) in [6.45, 7) is 4.06. The van der Waals surface area contributed by atoms with Crippen LogP contribution in [0.15, 0.2) is 70.1 Å². The van der Waals surface area contributed by atoms with E-state index < -0.39 is 0 Å². The second-order valence-corrected chi connectivity index (χ2v) is 6.44. The third-order valence-corrected chi connectivity index (χ3v) is 4.12. The van der Waals surface area contributed by atoms with E-state index in [4.69, 9.17) is 0 Å². The number of nitrogens with zero attached hydrogens (tertiary/aromatic N) is 3. The maximum atomic E-state index is 13.3. The first-order valence-corrected chi connectivity index (χ1v) is 8.61. The second-order valence-electron chi connectivity index (χ2n) is 5.60. The van der Waals surface area contributed by atoms with Crippen LogP contribution in [0.3, 0.4) is 0 Å². The molecule has 2 aromatic carbocycles. The van der Waals surface area contributed by atoms with Crippen LogP contribution in [0, 0.1) is 5.82 Å². The van der Waals surface area contributed by atoms with Crippen LogP contribution in [0.2, 0.25) is 0 Å². The van der Waals surface area contributed by atoms with E-state index in [1.807, 2.05) is 60.3 Å². The van der Waals surface area contributed by atoms with Gasteiger partial charge in [-0.15, -0.1) is 11.3 Å². The van der Waals surface area contributed by atoms with Crippen molar-refractivity contribution < 1.29 is 4.39 Å². The van der Waals surface area contributed by atoms with Crippen LogP contribution in [-0.4, -0.2) is 16.9 Å². The molecule has 122 valence electrons. The van der Waals surface area contributed by atoms with Crippen LogP contribution in [0.25, 0.3) is 11.3 Å². The van der Waals surface area contributed by atoms with Gasteiger partial charge in [0.25, 0.3) is 0 Å². The zero-order chi connectivity index (χ0) is 16.9. The van der Waals surface area contributed by atoms with Crippen molar-refractivity contribution in [1.82, 2.24) is 4.68 Å². The third kappa shape index (κ3) is 3.86. The molecule has 0 saturated carbocycles. The molecule has 0 fully saturated rings. The van der Waals surface area contributed by atoms with Gasteiger partial charge in [0.05, 0.1) is 11.9 Å². The summed E-state index contributed by atoms with van der Waals surface area (Å²) < 4.78 is 15.2. The zero-order valence-electron chi connectivity index (χ0n) is 13.6. The molecule has 0 saturated heterocycles. The van der Waals surface area contributed by atoms with Gasteiger partial charge in [0.1, 0.15) is 5.82 Å². The molecule has 5 heteroatoms. The first-order chi connectivity index (χ1) is 11.6. The Kier molecular flexibility index (Phi) is 5.01. The minimum Gasteiger partial charge on any atom is -0.255 e. The largest absolute Gasteiger partial charge is 0.255 e. The summed E-state index contributed by atoms with van der Waals surface area (Å²) in [6.07, 6.45) is 1.65. The number of aromatic nitrogens is 1. The molecule has 24 heavy (non-hydrogen) atoms. The minimum atomic E-state index is -0.273. The van der Waals surface area contributed by atoms with Crippen LogP contribution in [-0.2, 0) is 0 Å². The van der Waals surface area contributed by atoms with E-state index in [0.717, 1.165) is 16.1 Å². The molecular formula is C19H18FN3S. The molecule has 0 spiro atoms. The van der Waals surface area contributed by atoms with Crippen molar-refractivity contribution in [2.45, 2.75) is 19.9 Å². The maximum absolute atomic E-state index is 13.3. The molecule has 0 bridgehead atoms. The van der Waals surface area contributed by atoms with Gasteiger partial charge in [-0.3, -0.25) is 4.99 Å². The van der Waals surface area contributed by atoms with Crippen LogP contribution >= 0.6 is 11.3 Å². The topological polar surface area (TPSA) is 29.6 Å². The van der Waals surface area contributed by atoms with Gasteiger partial charge < -0.3 is 0 Å². The molecule has 3 aromatic rings. The molecule has 0 radical (unpaired) electrons. The number of hydrogen-bond acceptors (Lipinski definition) is 3. The lowest BCUT2D eigenvalue weighted by Gasteiger charge is -2.04. The summed E-state index contributed by atoms with van der Waals surface area (Å²) in [5.74, 6) is -0.273. The molecule has 1 heterocycles. The monoisotopic (exact) mass is 339 g/mol. The summed E-state index contributed by atoms with van der Waals surface area (Å²) in [6, 6.07) is 16.6. The van der Waals surface area contributed by atoms with Gasteiger partial charge in [-0.1, -0.05) is 42.5 Å². The zero-order valence-corrected chi connectivity index (χ0v) is 14.4. The number of thiazole rings is 1. The Morgan fingerprint density at radius 3 is 2.58 bits per heavy atom. The van der Waals surface area contributed by atoms with Crippen molar-refractivity contribution in [3.05, 3.63) is 76.2 Å². The number of benzene rings is 2. The summed E-state index contributed by atoms with van der Waals surface area (Å²) >= 11 is 1.55. The van der Waals surface area contributed by atoms with E-state index in [9.17, 15) is 4.39 Å². The Morgan fingerprint density at radius 1 is 1.08 bits per heavy atom. The average molecular weight is 339 g/mol. The van der Waals surface area contributed by atoms with Crippen LogP contribution in [0.4, 0.5) is 4.39 Å². The molecule has 1 aromatic heterocycles. The van der Waals surface area contributed by atoms with Crippen molar-refractivity contribution in [2.75, 3.05) is 0 Å². The van der Waals surface area contributed by atoms with Gasteiger partial charge in [-0.2, -0.15) is 5.10 Å². The van der Waals surface area contributed by atoms with Crippen LogP contribution in [0.1, 0.15) is 19.4 Å². The summed E-state index contributed by atoms with van der Waals surface area (Å²) in [5, 5.41) is 6.59. The van der Waals surface area contributed by atoms with E-state index >= 15 is 0 Å². The highest BCUT2D eigenvalue weighted by atomic mass is 32.1. The minimum absolute atomic E-state index is 0.169. The molecule has 0 aliphatic rings.